The number of rotatable bonds is 12. The van der Waals surface area contributed by atoms with Crippen LogP contribution in [0.3, 0.4) is 0 Å². The topological polar surface area (TPSA) is 99.6 Å². The van der Waals surface area contributed by atoms with Crippen LogP contribution in [0.25, 0.3) is 0 Å². The maximum absolute atomic E-state index is 13.1. The molecule has 10 nitrogen and oxygen atoms in total. The summed E-state index contributed by atoms with van der Waals surface area (Å²) >= 11 is 0. The second kappa shape index (κ2) is 20.2. The number of carbonyl (C=O) groups is 3. The smallest absolute Gasteiger partial charge is 0.300 e. The number of nitrogens with zero attached hydrogens (tertiary/aromatic N) is 4. The molecule has 0 radical (unpaired) electrons. The highest BCUT2D eigenvalue weighted by Crippen LogP contribution is 2.25. The highest BCUT2D eigenvalue weighted by atomic mass is 16.7. The molecule has 1 N–H and O–H groups in total. The summed E-state index contributed by atoms with van der Waals surface area (Å²) in [6.45, 7) is 15.9. The molecule has 3 saturated heterocycles. The van der Waals surface area contributed by atoms with Crippen molar-refractivity contribution in [3.05, 3.63) is 35.8 Å². The van der Waals surface area contributed by atoms with Gasteiger partial charge in [0, 0.05) is 58.5 Å². The standard InChI is InChI=1S/C25H44N3O3.C6H11NO.C2H4O2/c1-7-9-14-26(15-11-16-28(4,5)6)25(29)19-27-18-22(17-21(27)3)12-10-13-24-23(8-2)30-20-31-24;1-2-7-5-3-4-6(7)8;1-2(3)4/h8,10,12-13,21-22H,7,9,11,14-20H2,1-6H3;2-5H2,1H3;1H3,(H,3,4)/q+1;;/b12-10+,23-8+,24-13+;;/t21-,22+;;/m0../s1. The van der Waals surface area contributed by atoms with Crippen molar-refractivity contribution in [1.29, 1.82) is 0 Å². The number of carbonyl (C=O) groups excluding carboxylic acids is 2. The van der Waals surface area contributed by atoms with E-state index >= 15 is 0 Å². The van der Waals surface area contributed by atoms with E-state index in [9.17, 15) is 9.59 Å². The Morgan fingerprint density at radius 3 is 2.30 bits per heavy atom. The molecule has 3 heterocycles. The fourth-order valence-electron chi connectivity index (χ4n) is 5.22. The van der Waals surface area contributed by atoms with Crippen LogP contribution in [0.1, 0.15) is 73.1 Å². The Morgan fingerprint density at radius 2 is 1.77 bits per heavy atom. The van der Waals surface area contributed by atoms with Crippen LogP contribution in [-0.2, 0) is 23.9 Å². The van der Waals surface area contributed by atoms with E-state index in [1.807, 2.05) is 30.9 Å². The fourth-order valence-corrected chi connectivity index (χ4v) is 5.22. The Hall–Kier alpha value is -2.85. The Balaban J connectivity index is 0.000000639. The summed E-state index contributed by atoms with van der Waals surface area (Å²) in [6, 6.07) is 0.419. The molecule has 0 bridgehead atoms. The molecule has 2 atom stereocenters. The Morgan fingerprint density at radius 1 is 1.12 bits per heavy atom. The van der Waals surface area contributed by atoms with E-state index in [-0.39, 0.29) is 5.91 Å². The van der Waals surface area contributed by atoms with Gasteiger partial charge in [-0.05, 0) is 58.1 Å². The first kappa shape index (κ1) is 38.2. The van der Waals surface area contributed by atoms with Crippen molar-refractivity contribution in [1.82, 2.24) is 14.7 Å². The van der Waals surface area contributed by atoms with Gasteiger partial charge in [0.2, 0.25) is 18.6 Å². The molecule has 0 aromatic rings. The summed E-state index contributed by atoms with van der Waals surface area (Å²) in [5.41, 5.74) is 0. The first-order valence-corrected chi connectivity index (χ1v) is 15.9. The Labute approximate surface area is 260 Å². The first-order chi connectivity index (χ1) is 20.3. The second-order valence-electron chi connectivity index (χ2n) is 12.4. The lowest BCUT2D eigenvalue weighted by molar-refractivity contribution is -0.870. The van der Waals surface area contributed by atoms with Crippen molar-refractivity contribution in [2.24, 2.45) is 5.92 Å². The van der Waals surface area contributed by atoms with Crippen molar-refractivity contribution in [3.63, 3.8) is 0 Å². The fraction of sp³-hybridized carbons (Fsp3) is 0.727. The zero-order valence-corrected chi connectivity index (χ0v) is 28.1. The number of hydrogen-bond donors (Lipinski definition) is 1. The van der Waals surface area contributed by atoms with Gasteiger partial charge in [-0.25, -0.2) is 0 Å². The van der Waals surface area contributed by atoms with Crippen LogP contribution in [0.2, 0.25) is 0 Å². The maximum Gasteiger partial charge on any atom is 0.300 e. The van der Waals surface area contributed by atoms with E-state index < -0.39 is 5.97 Å². The van der Waals surface area contributed by atoms with Crippen LogP contribution in [0.5, 0.6) is 0 Å². The van der Waals surface area contributed by atoms with Gasteiger partial charge in [0.15, 0.2) is 11.5 Å². The van der Waals surface area contributed by atoms with Crippen LogP contribution < -0.4 is 0 Å². The minimum Gasteiger partial charge on any atom is -0.481 e. The average molecular weight is 608 g/mol. The molecule has 246 valence electrons. The number of carboxylic acid groups (broad SMARTS) is 1. The number of aliphatic carboxylic acids is 1. The third kappa shape index (κ3) is 16.0. The molecule has 0 saturated carbocycles. The molecule has 43 heavy (non-hydrogen) atoms. The first-order valence-electron chi connectivity index (χ1n) is 15.9. The Bertz CT molecular complexity index is 952. The van der Waals surface area contributed by atoms with E-state index in [1.165, 1.54) is 0 Å². The van der Waals surface area contributed by atoms with Crippen LogP contribution in [0, 0.1) is 5.92 Å². The lowest BCUT2D eigenvalue weighted by atomic mass is 10.1. The van der Waals surface area contributed by atoms with Crippen molar-refractivity contribution in [2.45, 2.75) is 79.2 Å². The van der Waals surface area contributed by atoms with Gasteiger partial charge < -0.3 is 28.9 Å². The molecule has 0 spiro atoms. The maximum atomic E-state index is 13.1. The van der Waals surface area contributed by atoms with Crippen LogP contribution in [0.15, 0.2) is 35.8 Å². The van der Waals surface area contributed by atoms with E-state index in [4.69, 9.17) is 19.4 Å². The molecule has 3 aliphatic rings. The highest BCUT2D eigenvalue weighted by Gasteiger charge is 2.30. The molecule has 3 fully saturated rings. The molecule has 3 aliphatic heterocycles. The van der Waals surface area contributed by atoms with Crippen LogP contribution >= 0.6 is 0 Å². The van der Waals surface area contributed by atoms with Crippen LogP contribution in [-0.4, -0.2) is 122 Å². The molecule has 10 heteroatoms. The van der Waals surface area contributed by atoms with E-state index in [1.54, 1.807) is 0 Å². The predicted molar refractivity (Wildman–Crippen MR) is 171 cm³/mol. The molecular weight excluding hydrogens is 548 g/mol. The van der Waals surface area contributed by atoms with Crippen molar-refractivity contribution in [2.75, 3.05) is 73.7 Å². The van der Waals surface area contributed by atoms with Crippen molar-refractivity contribution >= 4 is 17.8 Å². The zero-order chi connectivity index (χ0) is 32.4. The molecule has 0 aromatic carbocycles. The lowest BCUT2D eigenvalue weighted by Crippen LogP contribution is -2.44. The molecule has 2 amide bonds. The third-order valence-corrected chi connectivity index (χ3v) is 7.58. The van der Waals surface area contributed by atoms with Crippen LogP contribution in [0.4, 0.5) is 0 Å². The quantitative estimate of drug-likeness (QED) is 0.327. The summed E-state index contributed by atoms with van der Waals surface area (Å²) in [6.07, 6.45) is 14.3. The second-order valence-corrected chi connectivity index (χ2v) is 12.4. The Kier molecular flexibility index (Phi) is 17.9. The normalized spacial score (nSPS) is 22.2. The summed E-state index contributed by atoms with van der Waals surface area (Å²) in [5.74, 6) is 1.82. The summed E-state index contributed by atoms with van der Waals surface area (Å²) in [4.78, 5) is 39.1. The van der Waals surface area contributed by atoms with Crippen molar-refractivity contribution in [3.8, 4) is 0 Å². The van der Waals surface area contributed by atoms with Gasteiger partial charge in [-0.1, -0.05) is 25.5 Å². The minimum atomic E-state index is -0.833. The molecule has 0 unspecified atom stereocenters. The van der Waals surface area contributed by atoms with E-state index in [0.29, 0.717) is 31.2 Å². The number of ether oxygens (including phenoxy) is 2. The number of carboxylic acids is 1. The lowest BCUT2D eigenvalue weighted by Gasteiger charge is -2.29. The van der Waals surface area contributed by atoms with Crippen molar-refractivity contribution < 1.29 is 33.4 Å². The third-order valence-electron chi connectivity index (χ3n) is 7.58. The molecule has 0 aliphatic carbocycles. The summed E-state index contributed by atoms with van der Waals surface area (Å²) < 4.78 is 11.8. The number of quaternary nitrogens is 1. The highest BCUT2D eigenvalue weighted by molar-refractivity contribution is 5.78. The van der Waals surface area contributed by atoms with Gasteiger partial charge >= 0.3 is 0 Å². The monoisotopic (exact) mass is 607 g/mol. The van der Waals surface area contributed by atoms with Gasteiger partial charge in [-0.15, -0.1) is 0 Å². The summed E-state index contributed by atoms with van der Waals surface area (Å²) in [7, 11) is 6.62. The number of likely N-dealkylation sites (tertiary alicyclic amines) is 2. The largest absolute Gasteiger partial charge is 0.481 e. The summed E-state index contributed by atoms with van der Waals surface area (Å²) in [5, 5.41) is 7.42. The van der Waals surface area contributed by atoms with Gasteiger partial charge in [-0.2, -0.15) is 0 Å². The van der Waals surface area contributed by atoms with Gasteiger partial charge in [0.1, 0.15) is 0 Å². The van der Waals surface area contributed by atoms with E-state index in [0.717, 1.165) is 101 Å². The van der Waals surface area contributed by atoms with Gasteiger partial charge in [-0.3, -0.25) is 19.3 Å². The number of hydrogen-bond acceptors (Lipinski definition) is 6. The molecule has 0 aromatic heterocycles. The zero-order valence-electron chi connectivity index (χ0n) is 28.1. The number of allylic oxidation sites excluding steroid dienone is 3. The minimum absolute atomic E-state index is 0.280. The average Bonchev–Trinajstić information content (AvgIpc) is 3.65. The van der Waals surface area contributed by atoms with Gasteiger partial charge in [0.25, 0.3) is 5.97 Å². The molecular formula is C33H59N4O6+. The van der Waals surface area contributed by atoms with E-state index in [2.05, 4.69) is 56.9 Å². The van der Waals surface area contributed by atoms with Gasteiger partial charge in [0.05, 0.1) is 34.2 Å². The number of unbranched alkanes of at least 4 members (excludes halogenated alkanes) is 1. The SMILES string of the molecule is C/C=C1/OCO/C1=C/C=C/[C@@H]1C[C@H](C)N(CC(=O)N(CCCC)CCC[N+](C)(C)C)C1.CC(=O)O.CCN1CCCC1=O. The predicted octanol–water partition coefficient (Wildman–Crippen LogP) is 4.49. The molecule has 3 rings (SSSR count). The number of amides is 2.